The van der Waals surface area contributed by atoms with E-state index in [1.54, 1.807) is 30.5 Å². The molecule has 1 aromatic carbocycles. The molecule has 0 saturated heterocycles. The van der Waals surface area contributed by atoms with Gasteiger partial charge in [-0.25, -0.2) is 9.37 Å². The van der Waals surface area contributed by atoms with Crippen LogP contribution in [-0.2, 0) is 13.1 Å². The van der Waals surface area contributed by atoms with Gasteiger partial charge in [-0.05, 0) is 25.2 Å². The lowest BCUT2D eigenvalue weighted by Gasteiger charge is -2.16. The number of furan rings is 1. The monoisotopic (exact) mass is 369 g/mol. The van der Waals surface area contributed by atoms with E-state index in [1.807, 2.05) is 23.4 Å². The van der Waals surface area contributed by atoms with Gasteiger partial charge in [-0.1, -0.05) is 18.2 Å². The number of halogens is 1. The molecular formula is C19H16FN3O2S. The minimum atomic E-state index is -0.238. The topological polar surface area (TPSA) is 62.1 Å². The number of H-pyrrole nitrogens is 1. The Bertz CT molecular complexity index is 1100. The Kier molecular flexibility index (Phi) is 4.40. The van der Waals surface area contributed by atoms with Gasteiger partial charge >= 0.3 is 0 Å². The number of nitrogens with one attached hydrogen (secondary N) is 1. The summed E-state index contributed by atoms with van der Waals surface area (Å²) < 4.78 is 19.2. The molecule has 0 amide bonds. The molecule has 0 spiro atoms. The summed E-state index contributed by atoms with van der Waals surface area (Å²) in [5.41, 5.74) is 1.15. The molecule has 7 heteroatoms. The van der Waals surface area contributed by atoms with Gasteiger partial charge in [-0.2, -0.15) is 0 Å². The summed E-state index contributed by atoms with van der Waals surface area (Å²) >= 11 is 1.40. The van der Waals surface area contributed by atoms with Crippen LogP contribution in [0.15, 0.2) is 57.3 Å². The minimum Gasteiger partial charge on any atom is -0.464 e. The minimum absolute atomic E-state index is 0.197. The number of benzene rings is 1. The smallest absolute Gasteiger partial charge is 0.260 e. The van der Waals surface area contributed by atoms with Crippen molar-refractivity contribution in [2.75, 3.05) is 7.05 Å². The van der Waals surface area contributed by atoms with Gasteiger partial charge in [0.15, 0.2) is 0 Å². The fourth-order valence-corrected chi connectivity index (χ4v) is 3.86. The lowest BCUT2D eigenvalue weighted by molar-refractivity contribution is 0.305. The molecule has 3 heterocycles. The van der Waals surface area contributed by atoms with E-state index in [9.17, 15) is 9.18 Å². The Hall–Kier alpha value is -2.77. The predicted molar refractivity (Wildman–Crippen MR) is 99.5 cm³/mol. The number of thiophene rings is 1. The molecule has 1 N–H and O–H groups in total. The number of hydrogen-bond donors (Lipinski definition) is 1. The number of nitrogens with zero attached hydrogens (tertiary/aromatic N) is 2. The number of hydrogen-bond acceptors (Lipinski definition) is 5. The van der Waals surface area contributed by atoms with Crippen molar-refractivity contribution in [3.05, 3.63) is 75.6 Å². The van der Waals surface area contributed by atoms with E-state index < -0.39 is 0 Å². The first-order valence-corrected chi connectivity index (χ1v) is 8.96. The van der Waals surface area contributed by atoms with Crippen LogP contribution in [0.5, 0.6) is 0 Å². The van der Waals surface area contributed by atoms with Crippen molar-refractivity contribution in [3.8, 4) is 11.3 Å². The summed E-state index contributed by atoms with van der Waals surface area (Å²) in [5.74, 6) is 0.958. The van der Waals surface area contributed by atoms with Crippen LogP contribution in [-0.4, -0.2) is 21.9 Å². The van der Waals surface area contributed by atoms with E-state index in [-0.39, 0.29) is 11.4 Å². The molecule has 132 valence electrons. The Morgan fingerprint density at radius 1 is 1.23 bits per heavy atom. The van der Waals surface area contributed by atoms with Crippen LogP contribution in [0.25, 0.3) is 21.5 Å². The molecule has 0 aliphatic rings. The summed E-state index contributed by atoms with van der Waals surface area (Å²) in [4.78, 5) is 22.5. The lowest BCUT2D eigenvalue weighted by atomic mass is 10.2. The van der Waals surface area contributed by atoms with Crippen molar-refractivity contribution in [2.24, 2.45) is 0 Å². The van der Waals surface area contributed by atoms with Gasteiger partial charge in [0.2, 0.25) is 0 Å². The first-order valence-electron chi connectivity index (χ1n) is 8.08. The fourth-order valence-electron chi connectivity index (χ4n) is 2.91. The fraction of sp³-hybridized carbons (Fsp3) is 0.158. The molecule has 0 aliphatic carbocycles. The van der Waals surface area contributed by atoms with Crippen LogP contribution in [0.2, 0.25) is 0 Å². The van der Waals surface area contributed by atoms with Crippen LogP contribution in [0.4, 0.5) is 4.39 Å². The molecular weight excluding hydrogens is 353 g/mol. The van der Waals surface area contributed by atoms with Crippen LogP contribution in [0.1, 0.15) is 11.4 Å². The molecule has 0 atom stereocenters. The highest BCUT2D eigenvalue weighted by Gasteiger charge is 2.15. The van der Waals surface area contributed by atoms with E-state index in [0.717, 1.165) is 5.56 Å². The molecule has 5 nitrogen and oxygen atoms in total. The van der Waals surface area contributed by atoms with Gasteiger partial charge in [0.1, 0.15) is 22.2 Å². The molecule has 26 heavy (non-hydrogen) atoms. The zero-order chi connectivity index (χ0) is 18.1. The maximum atomic E-state index is 13.8. The third kappa shape index (κ3) is 3.18. The van der Waals surface area contributed by atoms with Crippen molar-refractivity contribution in [3.63, 3.8) is 0 Å². The Morgan fingerprint density at radius 2 is 2.08 bits per heavy atom. The van der Waals surface area contributed by atoms with Crippen molar-refractivity contribution in [2.45, 2.75) is 13.1 Å². The molecule has 0 aliphatic heterocycles. The van der Waals surface area contributed by atoms with Gasteiger partial charge < -0.3 is 9.40 Å². The Morgan fingerprint density at radius 3 is 2.85 bits per heavy atom. The third-order valence-corrected chi connectivity index (χ3v) is 4.97. The quantitative estimate of drug-likeness (QED) is 0.577. The van der Waals surface area contributed by atoms with Crippen molar-refractivity contribution >= 4 is 21.6 Å². The number of rotatable bonds is 5. The molecule has 4 rings (SSSR count). The molecule has 0 fully saturated rings. The number of aromatic amines is 1. The molecule has 0 saturated carbocycles. The normalized spacial score (nSPS) is 11.5. The first-order chi connectivity index (χ1) is 12.6. The highest BCUT2D eigenvalue weighted by atomic mass is 32.1. The SMILES string of the molecule is CN(Cc1nc2scc(-c3ccco3)c2c(=O)[nH]1)Cc1ccccc1F. The maximum Gasteiger partial charge on any atom is 0.260 e. The zero-order valence-electron chi connectivity index (χ0n) is 14.0. The summed E-state index contributed by atoms with van der Waals surface area (Å²) in [6, 6.07) is 10.3. The summed E-state index contributed by atoms with van der Waals surface area (Å²) in [7, 11) is 1.86. The molecule has 0 bridgehead atoms. The van der Waals surface area contributed by atoms with E-state index in [0.29, 0.717) is 40.5 Å². The average molecular weight is 369 g/mol. The van der Waals surface area contributed by atoms with Crippen LogP contribution >= 0.6 is 11.3 Å². The molecule has 3 aromatic heterocycles. The predicted octanol–water partition coefficient (Wildman–Crippen LogP) is 4.02. The molecule has 0 unspecified atom stereocenters. The highest BCUT2D eigenvalue weighted by molar-refractivity contribution is 7.17. The average Bonchev–Trinajstić information content (AvgIpc) is 3.26. The van der Waals surface area contributed by atoms with Gasteiger partial charge in [-0.3, -0.25) is 9.69 Å². The van der Waals surface area contributed by atoms with Gasteiger partial charge in [0, 0.05) is 23.1 Å². The number of aromatic nitrogens is 2. The van der Waals surface area contributed by atoms with E-state index in [4.69, 9.17) is 4.42 Å². The lowest BCUT2D eigenvalue weighted by Crippen LogP contribution is -2.22. The van der Waals surface area contributed by atoms with Crippen LogP contribution < -0.4 is 5.56 Å². The molecule has 0 radical (unpaired) electrons. The van der Waals surface area contributed by atoms with Gasteiger partial charge in [-0.15, -0.1) is 11.3 Å². The van der Waals surface area contributed by atoms with Gasteiger partial charge in [0.25, 0.3) is 5.56 Å². The Labute approximate surface area is 152 Å². The second kappa shape index (κ2) is 6.86. The number of fused-ring (bicyclic) bond motifs is 1. The van der Waals surface area contributed by atoms with Crippen molar-refractivity contribution < 1.29 is 8.81 Å². The van der Waals surface area contributed by atoms with E-state index in [1.165, 1.54) is 17.4 Å². The maximum absolute atomic E-state index is 13.8. The summed E-state index contributed by atoms with van der Waals surface area (Å²) in [6.45, 7) is 0.837. The second-order valence-corrected chi connectivity index (χ2v) is 6.94. The highest BCUT2D eigenvalue weighted by Crippen LogP contribution is 2.30. The summed E-state index contributed by atoms with van der Waals surface area (Å²) in [6.07, 6.45) is 1.58. The van der Waals surface area contributed by atoms with Crippen molar-refractivity contribution in [1.29, 1.82) is 0 Å². The van der Waals surface area contributed by atoms with E-state index >= 15 is 0 Å². The Balaban J connectivity index is 1.60. The third-order valence-electron chi connectivity index (χ3n) is 4.10. The van der Waals surface area contributed by atoms with Crippen LogP contribution in [0.3, 0.4) is 0 Å². The second-order valence-electron chi connectivity index (χ2n) is 6.08. The van der Waals surface area contributed by atoms with Crippen LogP contribution in [0, 0.1) is 5.82 Å². The first kappa shape index (κ1) is 16.7. The van der Waals surface area contributed by atoms with E-state index in [2.05, 4.69) is 9.97 Å². The molecule has 4 aromatic rings. The largest absolute Gasteiger partial charge is 0.464 e. The zero-order valence-corrected chi connectivity index (χ0v) is 14.8. The van der Waals surface area contributed by atoms with Gasteiger partial charge in [0.05, 0.1) is 18.2 Å². The summed E-state index contributed by atoms with van der Waals surface area (Å²) in [5, 5.41) is 2.41. The van der Waals surface area contributed by atoms with Crippen molar-refractivity contribution in [1.82, 2.24) is 14.9 Å². The standard InChI is InChI=1S/C19H16FN3O2S/c1-23(9-12-5-2-3-6-14(12)20)10-16-21-18(24)17-13(11-26-19(17)22-16)15-7-4-8-25-15/h2-8,11H,9-10H2,1H3,(H,21,22,24).